The van der Waals surface area contributed by atoms with Crippen molar-refractivity contribution in [3.63, 3.8) is 0 Å². The van der Waals surface area contributed by atoms with Gasteiger partial charge in [-0.2, -0.15) is 4.80 Å². The Labute approximate surface area is 109 Å². The molecule has 1 aromatic heterocycles. The molecule has 0 aliphatic carbocycles. The first-order valence-corrected chi connectivity index (χ1v) is 5.60. The Kier molecular flexibility index (Phi) is 3.57. The van der Waals surface area contributed by atoms with Gasteiger partial charge in [-0.25, -0.2) is 0 Å². The summed E-state index contributed by atoms with van der Waals surface area (Å²) in [7, 11) is 1.67. The van der Waals surface area contributed by atoms with E-state index in [1.807, 2.05) is 0 Å². The summed E-state index contributed by atoms with van der Waals surface area (Å²) in [5.41, 5.74) is 0.546. The van der Waals surface area contributed by atoms with E-state index >= 15 is 0 Å². The van der Waals surface area contributed by atoms with E-state index in [2.05, 4.69) is 15.4 Å². The SMILES string of the molecule is CC(=O)c1ccc(OCc2nnn(C)n2)c(Cl)c1. The fourth-order valence-electron chi connectivity index (χ4n) is 1.36. The zero-order valence-electron chi connectivity index (χ0n) is 9.92. The highest BCUT2D eigenvalue weighted by Gasteiger charge is 2.07. The molecule has 18 heavy (non-hydrogen) atoms. The smallest absolute Gasteiger partial charge is 0.212 e. The molecular formula is C11H11ClN4O2. The van der Waals surface area contributed by atoms with Gasteiger partial charge in [-0.1, -0.05) is 11.6 Å². The lowest BCUT2D eigenvalue weighted by Crippen LogP contribution is -2.00. The van der Waals surface area contributed by atoms with Gasteiger partial charge in [-0.3, -0.25) is 4.79 Å². The van der Waals surface area contributed by atoms with E-state index in [9.17, 15) is 4.79 Å². The van der Waals surface area contributed by atoms with Crippen molar-refractivity contribution in [3.05, 3.63) is 34.6 Å². The number of carbonyl (C=O) groups is 1. The van der Waals surface area contributed by atoms with Gasteiger partial charge in [0.25, 0.3) is 0 Å². The van der Waals surface area contributed by atoms with E-state index < -0.39 is 0 Å². The third-order valence-corrected chi connectivity index (χ3v) is 2.54. The predicted octanol–water partition coefficient (Wildman–Crippen LogP) is 1.65. The average Bonchev–Trinajstić information content (AvgIpc) is 2.73. The van der Waals surface area contributed by atoms with Crippen LogP contribution in [0.2, 0.25) is 5.02 Å². The van der Waals surface area contributed by atoms with E-state index in [0.717, 1.165) is 0 Å². The van der Waals surface area contributed by atoms with Crippen LogP contribution in [-0.2, 0) is 13.7 Å². The van der Waals surface area contributed by atoms with E-state index in [1.54, 1.807) is 25.2 Å². The Hall–Kier alpha value is -1.95. The molecule has 0 fully saturated rings. The monoisotopic (exact) mass is 266 g/mol. The molecule has 0 N–H and O–H groups in total. The molecule has 2 aromatic rings. The van der Waals surface area contributed by atoms with E-state index in [4.69, 9.17) is 16.3 Å². The number of halogens is 1. The van der Waals surface area contributed by atoms with Gasteiger partial charge in [0.2, 0.25) is 5.82 Å². The van der Waals surface area contributed by atoms with Gasteiger partial charge in [-0.05, 0) is 30.3 Å². The average molecular weight is 267 g/mol. The molecule has 0 atom stereocenters. The molecule has 6 nitrogen and oxygen atoms in total. The standard InChI is InChI=1S/C11H11ClN4O2/c1-7(17)8-3-4-10(9(12)5-8)18-6-11-13-15-16(2)14-11/h3-5H,6H2,1-2H3. The van der Waals surface area contributed by atoms with Gasteiger partial charge in [0.05, 0.1) is 12.1 Å². The van der Waals surface area contributed by atoms with Crippen molar-refractivity contribution in [2.24, 2.45) is 7.05 Å². The van der Waals surface area contributed by atoms with Crippen molar-refractivity contribution in [2.75, 3.05) is 0 Å². The van der Waals surface area contributed by atoms with Crippen LogP contribution in [-0.4, -0.2) is 26.0 Å². The molecule has 0 radical (unpaired) electrons. The summed E-state index contributed by atoms with van der Waals surface area (Å²) in [5, 5.41) is 11.8. The first-order chi connectivity index (χ1) is 8.56. The molecule has 0 saturated carbocycles. The summed E-state index contributed by atoms with van der Waals surface area (Å²) in [4.78, 5) is 12.5. The minimum absolute atomic E-state index is 0.0426. The fourth-order valence-corrected chi connectivity index (χ4v) is 1.60. The van der Waals surface area contributed by atoms with Gasteiger partial charge in [0, 0.05) is 5.56 Å². The number of nitrogens with zero attached hydrogens (tertiary/aromatic N) is 4. The second-order valence-electron chi connectivity index (χ2n) is 3.69. The lowest BCUT2D eigenvalue weighted by atomic mass is 10.1. The summed E-state index contributed by atoms with van der Waals surface area (Å²) in [5.74, 6) is 0.900. The molecule has 0 aliphatic heterocycles. The van der Waals surface area contributed by atoms with Crippen molar-refractivity contribution >= 4 is 17.4 Å². The van der Waals surface area contributed by atoms with Crippen molar-refractivity contribution < 1.29 is 9.53 Å². The van der Waals surface area contributed by atoms with Crippen LogP contribution in [0, 0.1) is 0 Å². The first-order valence-electron chi connectivity index (χ1n) is 5.22. The Morgan fingerprint density at radius 2 is 2.28 bits per heavy atom. The van der Waals surface area contributed by atoms with Crippen LogP contribution in [0.1, 0.15) is 23.1 Å². The van der Waals surface area contributed by atoms with Gasteiger partial charge >= 0.3 is 0 Å². The Morgan fingerprint density at radius 1 is 1.50 bits per heavy atom. The number of carbonyl (C=O) groups excluding carboxylic acids is 1. The minimum Gasteiger partial charge on any atom is -0.484 e. The van der Waals surface area contributed by atoms with Crippen LogP contribution < -0.4 is 4.74 Å². The van der Waals surface area contributed by atoms with Crippen molar-refractivity contribution in [1.82, 2.24) is 20.2 Å². The number of ether oxygens (including phenoxy) is 1. The third kappa shape index (κ3) is 2.84. The van der Waals surface area contributed by atoms with Crippen LogP contribution in [0.4, 0.5) is 0 Å². The largest absolute Gasteiger partial charge is 0.484 e. The van der Waals surface area contributed by atoms with Crippen molar-refractivity contribution in [2.45, 2.75) is 13.5 Å². The summed E-state index contributed by atoms with van der Waals surface area (Å²) in [6, 6.07) is 4.88. The molecule has 7 heteroatoms. The molecular weight excluding hydrogens is 256 g/mol. The number of hydrogen-bond donors (Lipinski definition) is 0. The van der Waals surface area contributed by atoms with Crippen LogP contribution in [0.15, 0.2) is 18.2 Å². The molecule has 1 heterocycles. The molecule has 0 spiro atoms. The fraction of sp³-hybridized carbons (Fsp3) is 0.273. The summed E-state index contributed by atoms with van der Waals surface area (Å²) < 4.78 is 5.45. The Balaban J connectivity index is 2.08. The maximum Gasteiger partial charge on any atom is 0.212 e. The van der Waals surface area contributed by atoms with E-state index in [1.165, 1.54) is 11.7 Å². The minimum atomic E-state index is -0.0426. The molecule has 0 unspecified atom stereocenters. The van der Waals surface area contributed by atoms with Crippen LogP contribution in [0.5, 0.6) is 5.75 Å². The van der Waals surface area contributed by atoms with Gasteiger partial charge < -0.3 is 4.74 Å². The van der Waals surface area contributed by atoms with Crippen LogP contribution in [0.3, 0.4) is 0 Å². The second-order valence-corrected chi connectivity index (χ2v) is 4.09. The van der Waals surface area contributed by atoms with Crippen LogP contribution >= 0.6 is 11.6 Å². The molecule has 0 amide bonds. The number of aryl methyl sites for hydroxylation is 1. The quantitative estimate of drug-likeness (QED) is 0.787. The molecule has 0 bridgehead atoms. The summed E-state index contributed by atoms with van der Waals surface area (Å²) >= 11 is 6.01. The van der Waals surface area contributed by atoms with Crippen molar-refractivity contribution in [3.8, 4) is 5.75 Å². The molecule has 2 rings (SSSR count). The normalized spacial score (nSPS) is 10.4. The summed E-state index contributed by atoms with van der Waals surface area (Å²) in [6.07, 6.45) is 0. The number of hydrogen-bond acceptors (Lipinski definition) is 5. The maximum atomic E-state index is 11.2. The van der Waals surface area contributed by atoms with Gasteiger partial charge in [0.1, 0.15) is 5.75 Å². The number of aromatic nitrogens is 4. The van der Waals surface area contributed by atoms with Crippen molar-refractivity contribution in [1.29, 1.82) is 0 Å². The first kappa shape index (κ1) is 12.5. The van der Waals surface area contributed by atoms with E-state index in [-0.39, 0.29) is 12.4 Å². The number of Topliss-reactive ketones (excluding diaryl/α,β-unsaturated/α-hetero) is 1. The summed E-state index contributed by atoms with van der Waals surface area (Å²) in [6.45, 7) is 1.66. The van der Waals surface area contributed by atoms with Gasteiger partial charge in [-0.15, -0.1) is 10.2 Å². The number of benzene rings is 1. The highest BCUT2D eigenvalue weighted by Crippen LogP contribution is 2.26. The zero-order valence-corrected chi connectivity index (χ0v) is 10.7. The number of rotatable bonds is 4. The van der Waals surface area contributed by atoms with Gasteiger partial charge in [0.15, 0.2) is 12.4 Å². The number of tetrazole rings is 1. The highest BCUT2D eigenvalue weighted by atomic mass is 35.5. The lowest BCUT2D eigenvalue weighted by Gasteiger charge is -2.06. The maximum absolute atomic E-state index is 11.2. The van der Waals surface area contributed by atoms with Crippen LogP contribution in [0.25, 0.3) is 0 Å². The molecule has 94 valence electrons. The second kappa shape index (κ2) is 5.14. The predicted molar refractivity (Wildman–Crippen MR) is 64.6 cm³/mol. The Morgan fingerprint density at radius 3 is 2.83 bits per heavy atom. The highest BCUT2D eigenvalue weighted by molar-refractivity contribution is 6.32. The zero-order chi connectivity index (χ0) is 13.1. The number of ketones is 1. The van der Waals surface area contributed by atoms with E-state index in [0.29, 0.717) is 22.2 Å². The molecule has 1 aromatic carbocycles. The molecule has 0 saturated heterocycles. The third-order valence-electron chi connectivity index (χ3n) is 2.24. The topological polar surface area (TPSA) is 69.9 Å². The lowest BCUT2D eigenvalue weighted by molar-refractivity contribution is 0.101. The Bertz CT molecular complexity index is 582. The molecule has 0 aliphatic rings.